The summed E-state index contributed by atoms with van der Waals surface area (Å²) in [5.74, 6) is 3.32. The maximum atomic E-state index is 12.4. The molecule has 1 saturated heterocycles. The minimum absolute atomic E-state index is 0.0450. The number of rotatable bonds is 9. The molecule has 0 unspecified atom stereocenters. The zero-order chi connectivity index (χ0) is 20.4. The van der Waals surface area contributed by atoms with Gasteiger partial charge in [0.25, 0.3) is 0 Å². The summed E-state index contributed by atoms with van der Waals surface area (Å²) in [5, 5.41) is 6.44. The number of hydrogen-bond donors (Lipinski definition) is 2. The van der Waals surface area contributed by atoms with Gasteiger partial charge in [0, 0.05) is 37.7 Å². The second-order valence-electron chi connectivity index (χ2n) is 6.57. The SMILES string of the molecule is CCNC(=NCCS(=O)(=O)N1CCSCC1)NCCc1ccc(C)c(OC)c1. The van der Waals surface area contributed by atoms with E-state index in [1.165, 1.54) is 5.56 Å². The van der Waals surface area contributed by atoms with Crippen molar-refractivity contribution in [3.63, 3.8) is 0 Å². The largest absolute Gasteiger partial charge is 0.496 e. The molecule has 0 aromatic heterocycles. The van der Waals surface area contributed by atoms with Crippen molar-refractivity contribution in [2.45, 2.75) is 20.3 Å². The van der Waals surface area contributed by atoms with Gasteiger partial charge < -0.3 is 15.4 Å². The molecule has 7 nitrogen and oxygen atoms in total. The van der Waals surface area contributed by atoms with Gasteiger partial charge in [0.15, 0.2) is 5.96 Å². The predicted octanol–water partition coefficient (Wildman–Crippen LogP) is 1.48. The Morgan fingerprint density at radius 2 is 2.04 bits per heavy atom. The summed E-state index contributed by atoms with van der Waals surface area (Å²) in [6.45, 7) is 6.90. The molecule has 1 aromatic carbocycles. The molecule has 1 aliphatic rings. The van der Waals surface area contributed by atoms with Crippen molar-refractivity contribution in [2.75, 3.05) is 57.1 Å². The Balaban J connectivity index is 1.84. The van der Waals surface area contributed by atoms with E-state index in [9.17, 15) is 8.42 Å². The van der Waals surface area contributed by atoms with E-state index < -0.39 is 10.0 Å². The highest BCUT2D eigenvalue weighted by molar-refractivity contribution is 7.99. The van der Waals surface area contributed by atoms with Gasteiger partial charge in [-0.25, -0.2) is 12.7 Å². The number of hydrogen-bond acceptors (Lipinski definition) is 5. The third-order valence-corrected chi connectivity index (χ3v) is 7.30. The molecule has 0 bridgehead atoms. The van der Waals surface area contributed by atoms with Gasteiger partial charge in [0.05, 0.1) is 19.4 Å². The Morgan fingerprint density at radius 1 is 1.29 bits per heavy atom. The smallest absolute Gasteiger partial charge is 0.215 e. The summed E-state index contributed by atoms with van der Waals surface area (Å²) < 4.78 is 31.8. The first-order chi connectivity index (χ1) is 13.5. The number of nitrogens with zero attached hydrogens (tertiary/aromatic N) is 2. The van der Waals surface area contributed by atoms with Crippen molar-refractivity contribution in [1.82, 2.24) is 14.9 Å². The van der Waals surface area contributed by atoms with Gasteiger partial charge in [0.2, 0.25) is 10.0 Å². The van der Waals surface area contributed by atoms with Crippen LogP contribution in [0.5, 0.6) is 5.75 Å². The van der Waals surface area contributed by atoms with Gasteiger partial charge in [-0.2, -0.15) is 11.8 Å². The van der Waals surface area contributed by atoms with Gasteiger partial charge in [-0.15, -0.1) is 0 Å². The molecular formula is C19H32N4O3S2. The fourth-order valence-electron chi connectivity index (χ4n) is 2.91. The molecule has 1 heterocycles. The summed E-state index contributed by atoms with van der Waals surface area (Å²) >= 11 is 1.80. The Bertz CT molecular complexity index is 748. The monoisotopic (exact) mass is 428 g/mol. The second-order valence-corrected chi connectivity index (χ2v) is 9.88. The van der Waals surface area contributed by atoms with E-state index in [2.05, 4.69) is 27.8 Å². The molecule has 2 N–H and O–H groups in total. The van der Waals surface area contributed by atoms with E-state index >= 15 is 0 Å². The predicted molar refractivity (Wildman–Crippen MR) is 118 cm³/mol. The molecule has 1 aliphatic heterocycles. The third-order valence-electron chi connectivity index (χ3n) is 4.51. The Hall–Kier alpha value is -1.45. The average Bonchev–Trinajstić information content (AvgIpc) is 2.70. The van der Waals surface area contributed by atoms with Gasteiger partial charge in [0.1, 0.15) is 5.75 Å². The minimum atomic E-state index is -3.23. The molecule has 0 atom stereocenters. The molecule has 0 radical (unpaired) electrons. The van der Waals surface area contributed by atoms with Crippen LogP contribution in [-0.4, -0.2) is 75.8 Å². The molecule has 2 rings (SSSR count). The number of benzene rings is 1. The van der Waals surface area contributed by atoms with Crippen LogP contribution in [0.3, 0.4) is 0 Å². The van der Waals surface area contributed by atoms with Crippen molar-refractivity contribution in [2.24, 2.45) is 4.99 Å². The molecule has 158 valence electrons. The number of nitrogens with one attached hydrogen (secondary N) is 2. The standard InChI is InChI=1S/C19H32N4O3S2/c1-4-20-19(21-8-7-17-6-5-16(2)18(15-17)26-3)22-9-14-28(24,25)23-10-12-27-13-11-23/h5-6,15H,4,7-14H2,1-3H3,(H2,20,21,22). The maximum absolute atomic E-state index is 12.4. The van der Waals surface area contributed by atoms with Crippen LogP contribution in [0.15, 0.2) is 23.2 Å². The van der Waals surface area contributed by atoms with Crippen LogP contribution < -0.4 is 15.4 Å². The summed E-state index contributed by atoms with van der Waals surface area (Å²) in [6.07, 6.45) is 0.824. The number of aliphatic imine (C=N–C) groups is 1. The normalized spacial score (nSPS) is 16.0. The van der Waals surface area contributed by atoms with E-state index in [1.54, 1.807) is 23.2 Å². The summed E-state index contributed by atoms with van der Waals surface area (Å²) in [4.78, 5) is 4.43. The lowest BCUT2D eigenvalue weighted by atomic mass is 10.1. The number of guanidine groups is 1. The highest BCUT2D eigenvalue weighted by Gasteiger charge is 2.23. The summed E-state index contributed by atoms with van der Waals surface area (Å²) in [7, 11) is -1.55. The lowest BCUT2D eigenvalue weighted by Gasteiger charge is -2.25. The number of ether oxygens (including phenoxy) is 1. The lowest BCUT2D eigenvalue weighted by Crippen LogP contribution is -2.41. The maximum Gasteiger partial charge on any atom is 0.215 e. The van der Waals surface area contributed by atoms with Gasteiger partial charge >= 0.3 is 0 Å². The lowest BCUT2D eigenvalue weighted by molar-refractivity contribution is 0.411. The first-order valence-electron chi connectivity index (χ1n) is 9.67. The molecule has 0 aliphatic carbocycles. The van der Waals surface area contributed by atoms with E-state index in [-0.39, 0.29) is 12.3 Å². The Morgan fingerprint density at radius 3 is 2.71 bits per heavy atom. The zero-order valence-electron chi connectivity index (χ0n) is 17.0. The molecule has 28 heavy (non-hydrogen) atoms. The second kappa shape index (κ2) is 11.5. The van der Waals surface area contributed by atoms with Crippen LogP contribution in [0.4, 0.5) is 0 Å². The van der Waals surface area contributed by atoms with Gasteiger partial charge in [-0.05, 0) is 37.5 Å². The highest BCUT2D eigenvalue weighted by Crippen LogP contribution is 2.19. The molecule has 0 spiro atoms. The van der Waals surface area contributed by atoms with Gasteiger partial charge in [-0.3, -0.25) is 4.99 Å². The number of methoxy groups -OCH3 is 1. The topological polar surface area (TPSA) is 83.0 Å². The van der Waals surface area contributed by atoms with Crippen LogP contribution in [0.25, 0.3) is 0 Å². The molecule has 1 fully saturated rings. The number of thioether (sulfide) groups is 1. The van der Waals surface area contributed by atoms with E-state index in [4.69, 9.17) is 4.74 Å². The van der Waals surface area contributed by atoms with Crippen molar-refractivity contribution < 1.29 is 13.2 Å². The fraction of sp³-hybridized carbons (Fsp3) is 0.632. The van der Waals surface area contributed by atoms with Crippen LogP contribution >= 0.6 is 11.8 Å². The van der Waals surface area contributed by atoms with E-state index in [1.807, 2.05) is 19.9 Å². The molecule has 0 saturated carbocycles. The van der Waals surface area contributed by atoms with E-state index in [0.29, 0.717) is 25.6 Å². The van der Waals surface area contributed by atoms with Crippen molar-refractivity contribution in [3.8, 4) is 5.75 Å². The minimum Gasteiger partial charge on any atom is -0.496 e. The molecule has 1 aromatic rings. The average molecular weight is 429 g/mol. The van der Waals surface area contributed by atoms with Crippen molar-refractivity contribution in [3.05, 3.63) is 29.3 Å². The molecule has 0 amide bonds. The van der Waals surface area contributed by atoms with Crippen molar-refractivity contribution >= 4 is 27.7 Å². The quantitative estimate of drug-likeness (QED) is 0.458. The zero-order valence-corrected chi connectivity index (χ0v) is 18.7. The first kappa shape index (κ1) is 22.8. The highest BCUT2D eigenvalue weighted by atomic mass is 32.2. The molecule has 9 heteroatoms. The van der Waals surface area contributed by atoms with Crippen LogP contribution in [0.1, 0.15) is 18.1 Å². The number of sulfonamides is 1. The van der Waals surface area contributed by atoms with E-state index in [0.717, 1.165) is 35.8 Å². The Labute approximate surface area is 173 Å². The summed E-state index contributed by atoms with van der Waals surface area (Å²) in [6, 6.07) is 6.19. The Kier molecular flexibility index (Phi) is 9.40. The molecular weight excluding hydrogens is 396 g/mol. The van der Waals surface area contributed by atoms with Crippen molar-refractivity contribution in [1.29, 1.82) is 0 Å². The van der Waals surface area contributed by atoms with Crippen LogP contribution in [0, 0.1) is 6.92 Å². The van der Waals surface area contributed by atoms with Crippen LogP contribution in [-0.2, 0) is 16.4 Å². The van der Waals surface area contributed by atoms with Crippen LogP contribution in [0.2, 0.25) is 0 Å². The first-order valence-corrected chi connectivity index (χ1v) is 12.4. The number of aryl methyl sites for hydroxylation is 1. The summed E-state index contributed by atoms with van der Waals surface area (Å²) in [5.41, 5.74) is 2.29. The van der Waals surface area contributed by atoms with Gasteiger partial charge in [-0.1, -0.05) is 12.1 Å². The fourth-order valence-corrected chi connectivity index (χ4v) is 5.37. The third kappa shape index (κ3) is 7.18.